The van der Waals surface area contributed by atoms with Gasteiger partial charge in [0.25, 0.3) is 0 Å². The lowest BCUT2D eigenvalue weighted by atomic mass is 10.2. The van der Waals surface area contributed by atoms with Gasteiger partial charge in [0.1, 0.15) is 18.0 Å². The molecule has 1 atom stereocenters. The van der Waals surface area contributed by atoms with Crippen LogP contribution < -0.4 is 14.8 Å². The van der Waals surface area contributed by atoms with Gasteiger partial charge in [-0.3, -0.25) is 4.90 Å². The second kappa shape index (κ2) is 12.3. The molecule has 0 unspecified atom stereocenters. The van der Waals surface area contributed by atoms with Crippen molar-refractivity contribution in [3.8, 4) is 11.5 Å². The number of rotatable bonds is 11. The van der Waals surface area contributed by atoms with Crippen LogP contribution in [0.15, 0.2) is 36.7 Å². The maximum Gasteiger partial charge on any atom is 0.162 e. The normalized spacial score (nSPS) is 16.4. The predicted molar refractivity (Wildman–Crippen MR) is 134 cm³/mol. The van der Waals surface area contributed by atoms with Crippen LogP contribution in [0.25, 0.3) is 10.9 Å². The third-order valence-electron chi connectivity index (χ3n) is 5.71. The highest BCUT2D eigenvalue weighted by atomic mass is 35.5. The van der Waals surface area contributed by atoms with Gasteiger partial charge in [0.2, 0.25) is 0 Å². The Hall–Kier alpha value is -2.72. The lowest BCUT2D eigenvalue weighted by Crippen LogP contribution is -2.44. The minimum atomic E-state index is -0.480. The number of anilines is 2. The van der Waals surface area contributed by atoms with Crippen LogP contribution in [0.1, 0.15) is 13.3 Å². The molecule has 0 saturated carbocycles. The monoisotopic (exact) mass is 504 g/mol. The zero-order valence-corrected chi connectivity index (χ0v) is 20.7. The van der Waals surface area contributed by atoms with E-state index >= 15 is 0 Å². The fourth-order valence-electron chi connectivity index (χ4n) is 3.95. The number of nitrogens with zero attached hydrogens (tertiary/aromatic N) is 3. The van der Waals surface area contributed by atoms with Gasteiger partial charge >= 0.3 is 0 Å². The Morgan fingerprint density at radius 2 is 2.11 bits per heavy atom. The molecule has 1 N–H and O–H groups in total. The molecule has 1 aliphatic rings. The fourth-order valence-corrected chi connectivity index (χ4v) is 4.13. The molecule has 188 valence electrons. The van der Waals surface area contributed by atoms with Crippen molar-refractivity contribution >= 4 is 34.0 Å². The van der Waals surface area contributed by atoms with Crippen LogP contribution in [0.2, 0.25) is 5.02 Å². The number of fused-ring (bicyclic) bond motifs is 1. The average Bonchev–Trinajstić information content (AvgIpc) is 2.87. The molecular formula is C25H30ClFN4O4. The molecule has 2 heterocycles. The van der Waals surface area contributed by atoms with Gasteiger partial charge < -0.3 is 24.3 Å². The van der Waals surface area contributed by atoms with E-state index in [1.807, 2.05) is 19.1 Å². The molecule has 1 aliphatic heterocycles. The molecule has 0 aliphatic carbocycles. The summed E-state index contributed by atoms with van der Waals surface area (Å²) < 4.78 is 36.4. The molecule has 1 saturated heterocycles. The van der Waals surface area contributed by atoms with Crippen LogP contribution in [0.5, 0.6) is 11.5 Å². The molecule has 1 fully saturated rings. The van der Waals surface area contributed by atoms with Gasteiger partial charge in [-0.2, -0.15) is 0 Å². The van der Waals surface area contributed by atoms with Crippen molar-refractivity contribution < 1.29 is 23.3 Å². The molecule has 8 nitrogen and oxygen atoms in total. The summed E-state index contributed by atoms with van der Waals surface area (Å²) in [5.74, 6) is 1.27. The summed E-state index contributed by atoms with van der Waals surface area (Å²) in [4.78, 5) is 11.1. The van der Waals surface area contributed by atoms with Gasteiger partial charge in [0, 0.05) is 43.4 Å². The Morgan fingerprint density at radius 1 is 1.23 bits per heavy atom. The second-order valence-electron chi connectivity index (χ2n) is 8.15. The summed E-state index contributed by atoms with van der Waals surface area (Å²) in [6.07, 6.45) is 2.43. The van der Waals surface area contributed by atoms with Crippen LogP contribution in [-0.2, 0) is 9.47 Å². The molecule has 10 heteroatoms. The Morgan fingerprint density at radius 3 is 2.91 bits per heavy atom. The molecule has 1 aromatic heterocycles. The highest BCUT2D eigenvalue weighted by molar-refractivity contribution is 6.31. The number of halogens is 2. The van der Waals surface area contributed by atoms with E-state index in [0.29, 0.717) is 54.9 Å². The zero-order chi connectivity index (χ0) is 24.6. The van der Waals surface area contributed by atoms with Crippen LogP contribution in [0, 0.1) is 5.82 Å². The first kappa shape index (κ1) is 25.4. The number of benzene rings is 2. The van der Waals surface area contributed by atoms with E-state index in [0.717, 1.165) is 31.4 Å². The van der Waals surface area contributed by atoms with Gasteiger partial charge in [0.05, 0.1) is 43.6 Å². The third-order valence-corrected chi connectivity index (χ3v) is 6.00. The summed E-state index contributed by atoms with van der Waals surface area (Å²) in [6.45, 7) is 7.22. The molecule has 0 radical (unpaired) electrons. The first-order chi connectivity index (χ1) is 17.1. The van der Waals surface area contributed by atoms with Crippen molar-refractivity contribution in [2.24, 2.45) is 0 Å². The number of aromatic nitrogens is 2. The summed E-state index contributed by atoms with van der Waals surface area (Å²) in [5.41, 5.74) is 1.30. The summed E-state index contributed by atoms with van der Waals surface area (Å²) in [6, 6.07) is 8.08. The fraction of sp³-hybridized carbons (Fsp3) is 0.440. The van der Waals surface area contributed by atoms with Crippen molar-refractivity contribution in [1.29, 1.82) is 0 Å². The van der Waals surface area contributed by atoms with Gasteiger partial charge in [0.15, 0.2) is 11.5 Å². The topological polar surface area (TPSA) is 78.0 Å². The quantitative estimate of drug-likeness (QED) is 0.377. The lowest BCUT2D eigenvalue weighted by molar-refractivity contribution is -0.0679. The smallest absolute Gasteiger partial charge is 0.162 e. The van der Waals surface area contributed by atoms with E-state index in [2.05, 4.69) is 20.2 Å². The molecule has 4 rings (SSSR count). The van der Waals surface area contributed by atoms with Crippen molar-refractivity contribution in [2.45, 2.75) is 19.4 Å². The number of morpholine rings is 1. The van der Waals surface area contributed by atoms with E-state index < -0.39 is 5.82 Å². The van der Waals surface area contributed by atoms with Gasteiger partial charge in [-0.1, -0.05) is 11.6 Å². The average molecular weight is 505 g/mol. The highest BCUT2D eigenvalue weighted by Gasteiger charge is 2.20. The van der Waals surface area contributed by atoms with Crippen LogP contribution in [-0.4, -0.2) is 74.1 Å². The zero-order valence-electron chi connectivity index (χ0n) is 19.9. The van der Waals surface area contributed by atoms with E-state index in [1.165, 1.54) is 18.5 Å². The van der Waals surface area contributed by atoms with Crippen molar-refractivity contribution in [2.75, 3.05) is 58.5 Å². The first-order valence-corrected chi connectivity index (χ1v) is 12.0. The lowest BCUT2D eigenvalue weighted by Gasteiger charge is -2.32. The molecule has 2 aromatic carbocycles. The van der Waals surface area contributed by atoms with Crippen LogP contribution >= 0.6 is 11.6 Å². The molecule has 3 aromatic rings. The van der Waals surface area contributed by atoms with E-state index in [9.17, 15) is 4.39 Å². The molecule has 0 bridgehead atoms. The Bertz CT molecular complexity index is 1140. The van der Waals surface area contributed by atoms with E-state index in [4.69, 9.17) is 30.5 Å². The number of methoxy groups -OCH3 is 1. The first-order valence-electron chi connectivity index (χ1n) is 11.7. The Labute approximate surface area is 209 Å². The number of nitrogens with one attached hydrogen (secondary N) is 1. The van der Waals surface area contributed by atoms with Gasteiger partial charge in [-0.15, -0.1) is 0 Å². The summed E-state index contributed by atoms with van der Waals surface area (Å²) in [7, 11) is 1.60. The number of hydrogen-bond acceptors (Lipinski definition) is 8. The van der Waals surface area contributed by atoms with Gasteiger partial charge in [-0.05, 0) is 37.6 Å². The molecule has 0 amide bonds. The van der Waals surface area contributed by atoms with Crippen LogP contribution in [0.4, 0.5) is 15.9 Å². The number of hydrogen-bond donors (Lipinski definition) is 1. The maximum atomic E-state index is 13.5. The minimum absolute atomic E-state index is 0.0310. The summed E-state index contributed by atoms with van der Waals surface area (Å²) in [5, 5.41) is 3.96. The molecular weight excluding hydrogens is 475 g/mol. The highest BCUT2D eigenvalue weighted by Crippen LogP contribution is 2.35. The maximum absolute atomic E-state index is 13.5. The van der Waals surface area contributed by atoms with E-state index in [1.54, 1.807) is 13.2 Å². The standard InChI is InChI=1S/C25H30ClFN4O4/c1-3-33-15-18-14-31(8-10-34-18)7-4-9-35-24-12-19-22(13-23(24)32-2)28-16-29-25(19)30-17-5-6-21(27)20(26)11-17/h5-6,11-13,16,18H,3-4,7-10,14-15H2,1-2H3,(H,28,29,30)/t18-/m0/s1. The molecule has 35 heavy (non-hydrogen) atoms. The Kier molecular flexibility index (Phi) is 8.92. The van der Waals surface area contributed by atoms with Crippen LogP contribution in [0.3, 0.4) is 0 Å². The Balaban J connectivity index is 1.41. The summed E-state index contributed by atoms with van der Waals surface area (Å²) >= 11 is 5.92. The van der Waals surface area contributed by atoms with Crippen molar-refractivity contribution in [3.05, 3.63) is 47.5 Å². The predicted octanol–water partition coefficient (Wildman–Crippen LogP) is 4.68. The molecule has 0 spiro atoms. The third kappa shape index (κ3) is 6.70. The van der Waals surface area contributed by atoms with E-state index in [-0.39, 0.29) is 11.1 Å². The van der Waals surface area contributed by atoms with Crippen molar-refractivity contribution in [3.63, 3.8) is 0 Å². The van der Waals surface area contributed by atoms with Crippen molar-refractivity contribution in [1.82, 2.24) is 14.9 Å². The minimum Gasteiger partial charge on any atom is -0.493 e. The second-order valence-corrected chi connectivity index (χ2v) is 8.56. The SMILES string of the molecule is CCOC[C@@H]1CN(CCCOc2cc3c(Nc4ccc(F)c(Cl)c4)ncnc3cc2OC)CCO1. The number of ether oxygens (including phenoxy) is 4. The largest absolute Gasteiger partial charge is 0.493 e. The van der Waals surface area contributed by atoms with Gasteiger partial charge in [-0.25, -0.2) is 14.4 Å².